The first kappa shape index (κ1) is 11.0. The fraction of sp³-hybridized carbons (Fsp3) is 0.111. The van der Waals surface area contributed by atoms with E-state index in [4.69, 9.17) is 10.9 Å². The van der Waals surface area contributed by atoms with Gasteiger partial charge in [0.05, 0.1) is 5.69 Å². The first-order valence-electron chi connectivity index (χ1n) is 4.23. The molecule has 1 aromatic carbocycles. The molecule has 0 heterocycles. The Labute approximate surface area is 86.8 Å². The number of hydroxylamine groups is 1. The molecule has 0 fully saturated rings. The highest BCUT2D eigenvalue weighted by Crippen LogP contribution is 2.15. The Balaban J connectivity index is 2.76. The molecule has 0 aliphatic rings. The summed E-state index contributed by atoms with van der Waals surface area (Å²) in [7, 11) is 0. The van der Waals surface area contributed by atoms with Gasteiger partial charge < -0.3 is 11.1 Å². The molecule has 0 bridgehead atoms. The molecule has 0 aliphatic heterocycles. The van der Waals surface area contributed by atoms with Crippen LogP contribution < -0.4 is 16.5 Å². The minimum Gasteiger partial charge on any atom is -0.368 e. The Morgan fingerprint density at radius 2 is 2.00 bits per heavy atom. The average molecular weight is 208 g/mol. The normalized spacial score (nSPS) is 10.9. The van der Waals surface area contributed by atoms with Crippen LogP contribution >= 0.6 is 0 Å². The SMILES string of the molecule is CC(=O)Nc1ccc(N=C(N)NO)cc1. The lowest BCUT2D eigenvalue weighted by Gasteiger charge is -2.02. The van der Waals surface area contributed by atoms with Crippen LogP contribution in [0.1, 0.15) is 6.92 Å². The van der Waals surface area contributed by atoms with Crippen LogP contribution in [-0.2, 0) is 4.79 Å². The second-order valence-electron chi connectivity index (χ2n) is 2.84. The average Bonchev–Trinajstić information content (AvgIpc) is 2.20. The predicted octanol–water partition coefficient (Wildman–Crippen LogP) is 0.570. The number of hydrogen-bond acceptors (Lipinski definition) is 3. The lowest BCUT2D eigenvalue weighted by Crippen LogP contribution is -2.27. The van der Waals surface area contributed by atoms with Crippen LogP contribution in [-0.4, -0.2) is 17.1 Å². The molecule has 0 unspecified atom stereocenters. The minimum absolute atomic E-state index is 0.0951. The van der Waals surface area contributed by atoms with Gasteiger partial charge in [-0.05, 0) is 24.3 Å². The molecule has 0 atom stereocenters. The largest absolute Gasteiger partial charge is 0.368 e. The quantitative estimate of drug-likeness (QED) is 0.324. The van der Waals surface area contributed by atoms with Crippen molar-refractivity contribution in [2.45, 2.75) is 6.92 Å². The molecule has 6 heteroatoms. The zero-order valence-electron chi connectivity index (χ0n) is 8.19. The molecule has 6 nitrogen and oxygen atoms in total. The van der Waals surface area contributed by atoms with Gasteiger partial charge >= 0.3 is 0 Å². The van der Waals surface area contributed by atoms with Gasteiger partial charge in [0, 0.05) is 12.6 Å². The van der Waals surface area contributed by atoms with Gasteiger partial charge in [-0.2, -0.15) is 0 Å². The monoisotopic (exact) mass is 208 g/mol. The van der Waals surface area contributed by atoms with Crippen molar-refractivity contribution < 1.29 is 10.0 Å². The number of nitrogens with two attached hydrogens (primary N) is 1. The highest BCUT2D eigenvalue weighted by Gasteiger charge is 1.95. The summed E-state index contributed by atoms with van der Waals surface area (Å²) in [5, 5.41) is 11.0. The number of carbonyl (C=O) groups excluding carboxylic acids is 1. The highest BCUT2D eigenvalue weighted by atomic mass is 16.5. The second-order valence-corrected chi connectivity index (χ2v) is 2.84. The van der Waals surface area contributed by atoms with Gasteiger partial charge in [0.15, 0.2) is 0 Å². The first-order chi connectivity index (χ1) is 7.11. The number of aliphatic imine (C=N–C) groups is 1. The zero-order valence-corrected chi connectivity index (χ0v) is 8.19. The summed E-state index contributed by atoms with van der Waals surface area (Å²) < 4.78 is 0. The summed E-state index contributed by atoms with van der Waals surface area (Å²) in [6, 6.07) is 6.70. The molecule has 1 amide bonds. The summed E-state index contributed by atoms with van der Waals surface area (Å²) in [4.78, 5) is 14.5. The van der Waals surface area contributed by atoms with Crippen LogP contribution in [0.5, 0.6) is 0 Å². The maximum absolute atomic E-state index is 10.7. The topological polar surface area (TPSA) is 99.7 Å². The molecule has 5 N–H and O–H groups in total. The molecule has 1 rings (SSSR count). The Kier molecular flexibility index (Phi) is 3.64. The fourth-order valence-electron chi connectivity index (χ4n) is 0.987. The van der Waals surface area contributed by atoms with E-state index in [9.17, 15) is 4.79 Å². The van der Waals surface area contributed by atoms with Crippen molar-refractivity contribution in [3.63, 3.8) is 0 Å². The van der Waals surface area contributed by atoms with E-state index in [0.29, 0.717) is 11.4 Å². The smallest absolute Gasteiger partial charge is 0.221 e. The molecule has 0 saturated heterocycles. The van der Waals surface area contributed by atoms with E-state index in [1.54, 1.807) is 29.7 Å². The zero-order chi connectivity index (χ0) is 11.3. The number of rotatable bonds is 2. The van der Waals surface area contributed by atoms with E-state index in [1.165, 1.54) is 6.92 Å². The van der Waals surface area contributed by atoms with Crippen molar-refractivity contribution >= 4 is 23.2 Å². The maximum Gasteiger partial charge on any atom is 0.221 e. The van der Waals surface area contributed by atoms with E-state index < -0.39 is 0 Å². The summed E-state index contributed by atoms with van der Waals surface area (Å²) in [5.41, 5.74) is 8.21. The number of carbonyl (C=O) groups is 1. The van der Waals surface area contributed by atoms with E-state index in [1.807, 2.05) is 0 Å². The number of nitrogens with zero attached hydrogens (tertiary/aromatic N) is 1. The van der Waals surface area contributed by atoms with E-state index in [-0.39, 0.29) is 11.9 Å². The Hall–Kier alpha value is -2.08. The number of guanidine groups is 1. The van der Waals surface area contributed by atoms with Crippen molar-refractivity contribution in [3.8, 4) is 0 Å². The highest BCUT2D eigenvalue weighted by molar-refractivity contribution is 5.89. The Morgan fingerprint density at radius 3 is 2.47 bits per heavy atom. The summed E-state index contributed by atoms with van der Waals surface area (Å²) in [5.74, 6) is -0.231. The van der Waals surface area contributed by atoms with Crippen LogP contribution in [0.4, 0.5) is 11.4 Å². The van der Waals surface area contributed by atoms with E-state index >= 15 is 0 Å². The lowest BCUT2D eigenvalue weighted by molar-refractivity contribution is -0.114. The summed E-state index contributed by atoms with van der Waals surface area (Å²) in [6.07, 6.45) is 0. The van der Waals surface area contributed by atoms with Crippen LogP contribution in [0.3, 0.4) is 0 Å². The van der Waals surface area contributed by atoms with Crippen LogP contribution in [0.2, 0.25) is 0 Å². The molecular weight excluding hydrogens is 196 g/mol. The first-order valence-corrected chi connectivity index (χ1v) is 4.23. The molecule has 0 spiro atoms. The maximum atomic E-state index is 10.7. The molecule has 0 saturated carbocycles. The number of nitrogens with one attached hydrogen (secondary N) is 2. The van der Waals surface area contributed by atoms with E-state index in [2.05, 4.69) is 10.3 Å². The van der Waals surface area contributed by atoms with Crippen LogP contribution in [0, 0.1) is 0 Å². The Morgan fingerprint density at radius 1 is 1.40 bits per heavy atom. The Bertz CT molecular complexity index is 372. The predicted molar refractivity (Wildman–Crippen MR) is 57.0 cm³/mol. The van der Waals surface area contributed by atoms with Crippen molar-refractivity contribution in [1.29, 1.82) is 0 Å². The van der Waals surface area contributed by atoms with Gasteiger partial charge in [-0.1, -0.05) is 0 Å². The van der Waals surface area contributed by atoms with Crippen LogP contribution in [0.15, 0.2) is 29.3 Å². The molecule has 0 radical (unpaired) electrons. The van der Waals surface area contributed by atoms with Crippen molar-refractivity contribution in [3.05, 3.63) is 24.3 Å². The van der Waals surface area contributed by atoms with Gasteiger partial charge in [0.1, 0.15) is 0 Å². The molecule has 0 aliphatic carbocycles. The summed E-state index contributed by atoms with van der Waals surface area (Å²) >= 11 is 0. The number of amides is 1. The van der Waals surface area contributed by atoms with Gasteiger partial charge in [-0.3, -0.25) is 10.0 Å². The van der Waals surface area contributed by atoms with E-state index in [0.717, 1.165) is 0 Å². The van der Waals surface area contributed by atoms with Gasteiger partial charge in [0.2, 0.25) is 11.9 Å². The second kappa shape index (κ2) is 4.97. The number of anilines is 1. The molecular formula is C9H12N4O2. The molecule has 1 aromatic rings. The third kappa shape index (κ3) is 3.65. The molecule has 0 aromatic heterocycles. The third-order valence-electron chi connectivity index (χ3n) is 1.55. The fourth-order valence-corrected chi connectivity index (χ4v) is 0.987. The summed E-state index contributed by atoms with van der Waals surface area (Å²) in [6.45, 7) is 1.43. The number of hydrogen-bond donors (Lipinski definition) is 4. The van der Waals surface area contributed by atoms with Crippen molar-refractivity contribution in [2.75, 3.05) is 5.32 Å². The standard InChI is InChI=1S/C9H12N4O2/c1-6(14)11-7-2-4-8(5-3-7)12-9(10)13-15/h2-5,15H,1H3,(H,11,14)(H3,10,12,13). The lowest BCUT2D eigenvalue weighted by atomic mass is 10.3. The van der Waals surface area contributed by atoms with Gasteiger partial charge in [0.25, 0.3) is 0 Å². The van der Waals surface area contributed by atoms with Crippen molar-refractivity contribution in [1.82, 2.24) is 5.48 Å². The molecule has 15 heavy (non-hydrogen) atoms. The molecule has 80 valence electrons. The van der Waals surface area contributed by atoms with Gasteiger partial charge in [-0.15, -0.1) is 0 Å². The number of benzene rings is 1. The van der Waals surface area contributed by atoms with Gasteiger partial charge in [-0.25, -0.2) is 10.5 Å². The van der Waals surface area contributed by atoms with Crippen molar-refractivity contribution in [2.24, 2.45) is 10.7 Å². The minimum atomic E-state index is -0.136. The third-order valence-corrected chi connectivity index (χ3v) is 1.55. The van der Waals surface area contributed by atoms with Crippen LogP contribution in [0.25, 0.3) is 0 Å².